The lowest BCUT2D eigenvalue weighted by Gasteiger charge is -2.27. The number of fused-ring (bicyclic) bond motifs is 1. The van der Waals surface area contributed by atoms with Gasteiger partial charge >= 0.3 is 6.03 Å². The summed E-state index contributed by atoms with van der Waals surface area (Å²) >= 11 is 1.77. The molecule has 0 bridgehead atoms. The number of urea groups is 1. The molecule has 1 unspecified atom stereocenters. The fraction of sp³-hybridized carbons (Fsp3) is 0.625. The van der Waals surface area contributed by atoms with Gasteiger partial charge in [0.15, 0.2) is 0 Å². The number of carbonyl (C=O) groups excluding carboxylic acids is 2. The highest BCUT2D eigenvalue weighted by Gasteiger charge is 2.28. The number of hydrogen-bond acceptors (Lipinski definition) is 3. The Morgan fingerprint density at radius 1 is 1.45 bits per heavy atom. The zero-order valence-electron chi connectivity index (χ0n) is 12.9. The molecule has 3 rings (SSSR count). The van der Waals surface area contributed by atoms with E-state index in [4.69, 9.17) is 0 Å². The summed E-state index contributed by atoms with van der Waals surface area (Å²) in [5.41, 5.74) is 1.27. The van der Waals surface area contributed by atoms with Gasteiger partial charge in [-0.2, -0.15) is 0 Å². The molecular formula is C16H23N3O2S. The van der Waals surface area contributed by atoms with Crippen molar-refractivity contribution in [2.45, 2.75) is 45.2 Å². The van der Waals surface area contributed by atoms with E-state index in [0.717, 1.165) is 13.0 Å². The van der Waals surface area contributed by atoms with E-state index in [1.807, 2.05) is 11.8 Å². The van der Waals surface area contributed by atoms with Gasteiger partial charge < -0.3 is 15.5 Å². The van der Waals surface area contributed by atoms with Crippen LogP contribution in [0.4, 0.5) is 4.79 Å². The predicted molar refractivity (Wildman–Crippen MR) is 86.8 cm³/mol. The summed E-state index contributed by atoms with van der Waals surface area (Å²) < 4.78 is 0. The van der Waals surface area contributed by atoms with E-state index >= 15 is 0 Å². The quantitative estimate of drug-likeness (QED) is 0.872. The Morgan fingerprint density at radius 2 is 2.27 bits per heavy atom. The fourth-order valence-corrected chi connectivity index (χ4v) is 3.76. The van der Waals surface area contributed by atoms with E-state index in [1.165, 1.54) is 23.3 Å². The highest BCUT2D eigenvalue weighted by molar-refractivity contribution is 7.10. The van der Waals surface area contributed by atoms with Gasteiger partial charge in [-0.05, 0) is 49.1 Å². The minimum atomic E-state index is -0.161. The molecule has 1 aromatic rings. The van der Waals surface area contributed by atoms with E-state index in [1.54, 1.807) is 11.3 Å². The van der Waals surface area contributed by atoms with Crippen LogP contribution in [-0.2, 0) is 17.8 Å². The lowest BCUT2D eigenvalue weighted by Crippen LogP contribution is -2.43. The van der Waals surface area contributed by atoms with Gasteiger partial charge in [0.05, 0.1) is 0 Å². The van der Waals surface area contributed by atoms with E-state index < -0.39 is 0 Å². The van der Waals surface area contributed by atoms with Crippen LogP contribution in [0.2, 0.25) is 0 Å². The van der Waals surface area contributed by atoms with Crippen molar-refractivity contribution < 1.29 is 9.59 Å². The molecule has 2 N–H and O–H groups in total. The average molecular weight is 321 g/mol. The van der Waals surface area contributed by atoms with Crippen molar-refractivity contribution in [3.63, 3.8) is 0 Å². The van der Waals surface area contributed by atoms with Crippen LogP contribution in [0.1, 0.15) is 36.6 Å². The van der Waals surface area contributed by atoms with Crippen molar-refractivity contribution in [2.24, 2.45) is 5.92 Å². The summed E-state index contributed by atoms with van der Waals surface area (Å²) in [7, 11) is 0. The molecule has 5 nitrogen and oxygen atoms in total. The van der Waals surface area contributed by atoms with Crippen LogP contribution in [0, 0.1) is 5.92 Å². The third kappa shape index (κ3) is 3.80. The van der Waals surface area contributed by atoms with Gasteiger partial charge in [-0.15, -0.1) is 11.3 Å². The molecular weight excluding hydrogens is 298 g/mol. The number of thiophene rings is 1. The first kappa shape index (κ1) is 15.3. The SMILES string of the molecule is CC(NC(=O)NCCC(=O)N1CCc2sccc2C1)C1CC1. The predicted octanol–water partition coefficient (Wildman–Crippen LogP) is 2.12. The molecule has 1 aromatic heterocycles. The molecule has 1 saturated carbocycles. The number of hydrogen-bond donors (Lipinski definition) is 2. The Morgan fingerprint density at radius 3 is 3.05 bits per heavy atom. The lowest BCUT2D eigenvalue weighted by molar-refractivity contribution is -0.131. The summed E-state index contributed by atoms with van der Waals surface area (Å²) in [6.07, 6.45) is 3.73. The van der Waals surface area contributed by atoms with Crippen molar-refractivity contribution in [1.29, 1.82) is 0 Å². The molecule has 0 spiro atoms. The Balaban J connectivity index is 1.36. The first-order valence-electron chi connectivity index (χ1n) is 8.01. The summed E-state index contributed by atoms with van der Waals surface area (Å²) in [6.45, 7) is 3.93. The second-order valence-electron chi connectivity index (χ2n) is 6.21. The molecule has 22 heavy (non-hydrogen) atoms. The maximum Gasteiger partial charge on any atom is 0.315 e. The maximum atomic E-state index is 12.2. The first-order chi connectivity index (χ1) is 10.6. The minimum Gasteiger partial charge on any atom is -0.338 e. The van der Waals surface area contributed by atoms with Crippen LogP contribution in [0.5, 0.6) is 0 Å². The van der Waals surface area contributed by atoms with E-state index in [-0.39, 0.29) is 18.0 Å². The van der Waals surface area contributed by atoms with E-state index in [9.17, 15) is 9.59 Å². The number of nitrogens with one attached hydrogen (secondary N) is 2. The Hall–Kier alpha value is -1.56. The topological polar surface area (TPSA) is 61.4 Å². The molecule has 0 saturated heterocycles. The molecule has 1 atom stereocenters. The van der Waals surface area contributed by atoms with Gasteiger partial charge in [0.25, 0.3) is 0 Å². The van der Waals surface area contributed by atoms with Crippen LogP contribution in [0.25, 0.3) is 0 Å². The van der Waals surface area contributed by atoms with E-state index in [0.29, 0.717) is 25.4 Å². The fourth-order valence-electron chi connectivity index (χ4n) is 2.87. The second-order valence-corrected chi connectivity index (χ2v) is 7.21. The number of carbonyl (C=O) groups is 2. The van der Waals surface area contributed by atoms with Crippen molar-refractivity contribution >= 4 is 23.3 Å². The summed E-state index contributed by atoms with van der Waals surface area (Å²) in [5.74, 6) is 0.757. The number of rotatable bonds is 5. The smallest absolute Gasteiger partial charge is 0.315 e. The minimum absolute atomic E-state index is 0.118. The van der Waals surface area contributed by atoms with E-state index in [2.05, 4.69) is 22.1 Å². The number of nitrogens with zero attached hydrogens (tertiary/aromatic N) is 1. The Bertz CT molecular complexity index is 553. The molecule has 2 aliphatic rings. The van der Waals surface area contributed by atoms with Crippen LogP contribution in [0.3, 0.4) is 0 Å². The highest BCUT2D eigenvalue weighted by Crippen LogP contribution is 2.32. The van der Waals surface area contributed by atoms with Crippen LogP contribution >= 0.6 is 11.3 Å². The van der Waals surface area contributed by atoms with Gasteiger partial charge in [-0.3, -0.25) is 4.79 Å². The van der Waals surface area contributed by atoms with Crippen LogP contribution in [0.15, 0.2) is 11.4 Å². The van der Waals surface area contributed by atoms with Crippen LogP contribution in [-0.4, -0.2) is 36.0 Å². The summed E-state index contributed by atoms with van der Waals surface area (Å²) in [5, 5.41) is 7.80. The monoisotopic (exact) mass is 321 g/mol. The summed E-state index contributed by atoms with van der Waals surface area (Å²) in [6, 6.07) is 2.17. The van der Waals surface area contributed by atoms with Gasteiger partial charge in [0, 0.05) is 37.0 Å². The zero-order chi connectivity index (χ0) is 15.5. The van der Waals surface area contributed by atoms with Gasteiger partial charge in [0.1, 0.15) is 0 Å². The van der Waals surface area contributed by atoms with Gasteiger partial charge in [0.2, 0.25) is 5.91 Å². The third-order valence-electron chi connectivity index (χ3n) is 4.47. The van der Waals surface area contributed by atoms with Crippen molar-refractivity contribution in [3.8, 4) is 0 Å². The molecule has 0 aromatic carbocycles. The van der Waals surface area contributed by atoms with Crippen LogP contribution < -0.4 is 10.6 Å². The molecule has 120 valence electrons. The normalized spacial score (nSPS) is 18.5. The molecule has 1 aliphatic heterocycles. The molecule has 0 radical (unpaired) electrons. The third-order valence-corrected chi connectivity index (χ3v) is 5.50. The molecule has 3 amide bonds. The van der Waals surface area contributed by atoms with Crippen molar-refractivity contribution in [3.05, 3.63) is 21.9 Å². The molecule has 2 heterocycles. The largest absolute Gasteiger partial charge is 0.338 e. The first-order valence-corrected chi connectivity index (χ1v) is 8.89. The Kier molecular flexibility index (Phi) is 4.66. The van der Waals surface area contributed by atoms with Crippen molar-refractivity contribution in [1.82, 2.24) is 15.5 Å². The summed E-state index contributed by atoms with van der Waals surface area (Å²) in [4.78, 5) is 27.2. The maximum absolute atomic E-state index is 12.2. The van der Waals surface area contributed by atoms with Gasteiger partial charge in [-0.1, -0.05) is 0 Å². The Labute approximate surface area is 135 Å². The molecule has 1 fully saturated rings. The molecule has 1 aliphatic carbocycles. The highest BCUT2D eigenvalue weighted by atomic mass is 32.1. The standard InChI is InChI=1S/C16H23N3O2S/c1-11(12-2-3-12)18-16(21)17-7-4-15(20)19-8-5-14-13(10-19)6-9-22-14/h6,9,11-12H,2-5,7-8,10H2,1H3,(H2,17,18,21). The number of amides is 3. The van der Waals surface area contributed by atoms with Crippen molar-refractivity contribution in [2.75, 3.05) is 13.1 Å². The molecule has 6 heteroatoms. The average Bonchev–Trinajstić information content (AvgIpc) is 3.25. The second kappa shape index (κ2) is 6.69. The zero-order valence-corrected chi connectivity index (χ0v) is 13.7. The lowest BCUT2D eigenvalue weighted by atomic mass is 10.1. The van der Waals surface area contributed by atoms with Gasteiger partial charge in [-0.25, -0.2) is 4.79 Å².